The van der Waals surface area contributed by atoms with Gasteiger partial charge in [-0.05, 0) is 13.8 Å². The number of aliphatic imine (C=N–C) groups is 2. The number of fused-ring (bicyclic) bond motifs is 1. The lowest BCUT2D eigenvalue weighted by Gasteiger charge is -2.43. The molecule has 0 atom stereocenters. The van der Waals surface area contributed by atoms with Crippen LogP contribution in [0.3, 0.4) is 0 Å². The molecule has 1 N–H and O–H groups in total. The van der Waals surface area contributed by atoms with Crippen LogP contribution in [-0.4, -0.2) is 47.5 Å². The third kappa shape index (κ3) is 1.46. The maximum absolute atomic E-state index is 11.1. The summed E-state index contributed by atoms with van der Waals surface area (Å²) >= 11 is 0. The van der Waals surface area contributed by atoms with E-state index in [4.69, 9.17) is 0 Å². The zero-order chi connectivity index (χ0) is 11.2. The number of amides is 2. The maximum atomic E-state index is 11.1. The van der Waals surface area contributed by atoms with Crippen molar-refractivity contribution in [2.45, 2.75) is 19.5 Å². The number of rotatable bonds is 0. The molecule has 15 heavy (non-hydrogen) atoms. The van der Waals surface area contributed by atoms with Crippen LogP contribution in [0.1, 0.15) is 13.8 Å². The van der Waals surface area contributed by atoms with Crippen LogP contribution in [-0.2, 0) is 9.59 Å². The van der Waals surface area contributed by atoms with E-state index in [-0.39, 0.29) is 5.66 Å². The minimum Gasteiger partial charge on any atom is -0.340 e. The zero-order valence-corrected chi connectivity index (χ0v) is 8.87. The molecule has 0 spiro atoms. The van der Waals surface area contributed by atoms with Crippen molar-refractivity contribution in [1.29, 1.82) is 0 Å². The highest BCUT2D eigenvalue weighted by atomic mass is 16.2. The first-order chi connectivity index (χ1) is 6.92. The molecule has 2 rings (SSSR count). The van der Waals surface area contributed by atoms with Gasteiger partial charge in [-0.3, -0.25) is 14.9 Å². The van der Waals surface area contributed by atoms with Crippen molar-refractivity contribution in [2.24, 2.45) is 9.98 Å². The van der Waals surface area contributed by atoms with Gasteiger partial charge < -0.3 is 4.90 Å². The van der Waals surface area contributed by atoms with Crippen molar-refractivity contribution in [3.63, 3.8) is 0 Å². The lowest BCUT2D eigenvalue weighted by Crippen LogP contribution is -2.64. The average molecular weight is 208 g/mol. The van der Waals surface area contributed by atoms with Gasteiger partial charge in [-0.1, -0.05) is 0 Å². The molecular weight excluding hydrogens is 196 g/mol. The lowest BCUT2D eigenvalue weighted by atomic mass is 10.1. The number of nitrogens with one attached hydrogen (secondary N) is 1. The molecule has 6 nitrogen and oxygen atoms in total. The van der Waals surface area contributed by atoms with Crippen molar-refractivity contribution < 1.29 is 9.59 Å². The van der Waals surface area contributed by atoms with Crippen molar-refractivity contribution >= 4 is 23.4 Å². The molecule has 0 aromatic heterocycles. The molecule has 1 fully saturated rings. The minimum atomic E-state index is -0.793. The first kappa shape index (κ1) is 9.97. The molecule has 0 bridgehead atoms. The van der Waals surface area contributed by atoms with E-state index in [1.165, 1.54) is 0 Å². The molecule has 0 saturated carbocycles. The molecule has 2 aliphatic heterocycles. The predicted octanol–water partition coefficient (Wildman–Crippen LogP) is -0.836. The van der Waals surface area contributed by atoms with Gasteiger partial charge in [0.2, 0.25) is 0 Å². The Hall–Kier alpha value is -1.56. The van der Waals surface area contributed by atoms with Crippen LogP contribution in [0.15, 0.2) is 9.98 Å². The number of carbonyl (C=O) groups excluding carboxylic acids is 2. The van der Waals surface area contributed by atoms with Crippen LogP contribution < -0.4 is 5.32 Å². The number of carbonyl (C=O) groups is 2. The minimum absolute atomic E-state index is 0.293. The quantitative estimate of drug-likeness (QED) is 0.527. The first-order valence-corrected chi connectivity index (χ1v) is 4.65. The molecule has 0 unspecified atom stereocenters. The Labute approximate surface area is 87.1 Å². The van der Waals surface area contributed by atoms with E-state index >= 15 is 0 Å². The first-order valence-electron chi connectivity index (χ1n) is 4.65. The SMILES string of the molecule is CN1C2=NC(=O)C(=O)N=C2CNC1(C)C. The summed E-state index contributed by atoms with van der Waals surface area (Å²) in [5.74, 6) is -1.09. The van der Waals surface area contributed by atoms with Crippen LogP contribution in [0.2, 0.25) is 0 Å². The van der Waals surface area contributed by atoms with E-state index < -0.39 is 11.8 Å². The molecule has 0 aliphatic carbocycles. The summed E-state index contributed by atoms with van der Waals surface area (Å²) in [6.07, 6.45) is 0. The van der Waals surface area contributed by atoms with Crippen LogP contribution in [0.4, 0.5) is 0 Å². The highest BCUT2D eigenvalue weighted by Gasteiger charge is 2.37. The Morgan fingerprint density at radius 3 is 2.53 bits per heavy atom. The fourth-order valence-electron chi connectivity index (χ4n) is 1.50. The molecule has 0 radical (unpaired) electrons. The van der Waals surface area contributed by atoms with Gasteiger partial charge in [0.1, 0.15) is 5.71 Å². The average Bonchev–Trinajstić information content (AvgIpc) is 2.16. The molecule has 0 aromatic rings. The third-order valence-electron chi connectivity index (χ3n) is 2.73. The molecular formula is C9H12N4O2. The van der Waals surface area contributed by atoms with E-state index in [2.05, 4.69) is 15.3 Å². The monoisotopic (exact) mass is 208 g/mol. The summed E-state index contributed by atoms with van der Waals surface area (Å²) in [5, 5.41) is 3.19. The molecule has 1 saturated heterocycles. The largest absolute Gasteiger partial charge is 0.340 e. The highest BCUT2D eigenvalue weighted by molar-refractivity contribution is 6.54. The van der Waals surface area contributed by atoms with Crippen molar-refractivity contribution in [1.82, 2.24) is 10.2 Å². The summed E-state index contributed by atoms with van der Waals surface area (Å²) in [7, 11) is 1.81. The summed E-state index contributed by atoms with van der Waals surface area (Å²) in [6, 6.07) is 0. The van der Waals surface area contributed by atoms with Gasteiger partial charge in [-0.2, -0.15) is 4.99 Å². The van der Waals surface area contributed by atoms with Gasteiger partial charge in [0.25, 0.3) is 0 Å². The standard InChI is InChI=1S/C9H12N4O2/c1-9(2)10-4-5-6(13(9)3)12-8(15)7(14)11-5/h10H,4H2,1-3H3. The van der Waals surface area contributed by atoms with E-state index in [9.17, 15) is 9.59 Å². The van der Waals surface area contributed by atoms with Crippen LogP contribution in [0.5, 0.6) is 0 Å². The van der Waals surface area contributed by atoms with E-state index in [0.29, 0.717) is 18.1 Å². The number of amidine groups is 1. The number of hydrogen-bond acceptors (Lipinski definition) is 4. The summed E-state index contributed by atoms with van der Waals surface area (Å²) in [4.78, 5) is 31.4. The molecule has 2 aliphatic rings. The number of nitrogens with zero attached hydrogens (tertiary/aromatic N) is 3. The topological polar surface area (TPSA) is 74.1 Å². The van der Waals surface area contributed by atoms with E-state index in [1.54, 1.807) is 4.90 Å². The maximum Gasteiger partial charge on any atom is 0.339 e. The lowest BCUT2D eigenvalue weighted by molar-refractivity contribution is -0.135. The van der Waals surface area contributed by atoms with Crippen LogP contribution in [0, 0.1) is 0 Å². The summed E-state index contributed by atoms with van der Waals surface area (Å²) in [5.41, 5.74) is 0.236. The normalized spacial score (nSPS) is 24.6. The second-order valence-corrected chi connectivity index (χ2v) is 4.08. The van der Waals surface area contributed by atoms with Gasteiger partial charge in [-0.25, -0.2) is 4.99 Å². The van der Waals surface area contributed by atoms with Crippen molar-refractivity contribution in [3.8, 4) is 0 Å². The van der Waals surface area contributed by atoms with Crippen molar-refractivity contribution in [3.05, 3.63) is 0 Å². The molecule has 2 heterocycles. The third-order valence-corrected chi connectivity index (χ3v) is 2.73. The van der Waals surface area contributed by atoms with Gasteiger partial charge in [0.05, 0.1) is 5.66 Å². The second-order valence-electron chi connectivity index (χ2n) is 4.08. The predicted molar refractivity (Wildman–Crippen MR) is 54.7 cm³/mol. The van der Waals surface area contributed by atoms with E-state index in [1.807, 2.05) is 20.9 Å². The molecule has 80 valence electrons. The van der Waals surface area contributed by atoms with Gasteiger partial charge in [-0.15, -0.1) is 0 Å². The van der Waals surface area contributed by atoms with E-state index in [0.717, 1.165) is 0 Å². The Morgan fingerprint density at radius 2 is 1.87 bits per heavy atom. The fourth-order valence-corrected chi connectivity index (χ4v) is 1.50. The Morgan fingerprint density at radius 1 is 1.27 bits per heavy atom. The van der Waals surface area contributed by atoms with Gasteiger partial charge in [0.15, 0.2) is 5.84 Å². The summed E-state index contributed by atoms with van der Waals surface area (Å²) < 4.78 is 0. The fraction of sp³-hybridized carbons (Fsp3) is 0.556. The van der Waals surface area contributed by atoms with Crippen molar-refractivity contribution in [2.75, 3.05) is 13.6 Å². The van der Waals surface area contributed by atoms with Crippen LogP contribution in [0.25, 0.3) is 0 Å². The Balaban J connectivity index is 2.42. The smallest absolute Gasteiger partial charge is 0.339 e. The second kappa shape index (κ2) is 2.96. The van der Waals surface area contributed by atoms with Crippen LogP contribution >= 0.6 is 0 Å². The van der Waals surface area contributed by atoms with Gasteiger partial charge >= 0.3 is 11.8 Å². The Bertz CT molecular complexity index is 408. The molecule has 6 heteroatoms. The molecule has 2 amide bonds. The zero-order valence-electron chi connectivity index (χ0n) is 8.87. The highest BCUT2D eigenvalue weighted by Crippen LogP contribution is 2.16. The Kier molecular flexibility index (Phi) is 1.97. The van der Waals surface area contributed by atoms with Gasteiger partial charge in [0, 0.05) is 13.6 Å². The number of hydrogen-bond donors (Lipinski definition) is 1. The summed E-state index contributed by atoms with van der Waals surface area (Å²) in [6.45, 7) is 4.38. The molecule has 0 aromatic carbocycles.